The van der Waals surface area contributed by atoms with E-state index in [2.05, 4.69) is 0 Å². The molecule has 0 bridgehead atoms. The molecule has 1 aliphatic carbocycles. The summed E-state index contributed by atoms with van der Waals surface area (Å²) in [4.78, 5) is 25.5. The van der Waals surface area contributed by atoms with Gasteiger partial charge in [-0.05, 0) is 66.0 Å². The lowest BCUT2D eigenvalue weighted by Crippen LogP contribution is -2.32. The van der Waals surface area contributed by atoms with Crippen molar-refractivity contribution in [3.63, 3.8) is 0 Å². The Morgan fingerprint density at radius 1 is 0.964 bits per heavy atom. The summed E-state index contributed by atoms with van der Waals surface area (Å²) >= 11 is 18.8. The predicted molar refractivity (Wildman–Crippen MR) is 112 cm³/mol. The molecule has 6 heteroatoms. The van der Waals surface area contributed by atoms with E-state index in [9.17, 15) is 9.59 Å². The van der Waals surface area contributed by atoms with E-state index < -0.39 is 0 Å². The van der Waals surface area contributed by atoms with Crippen LogP contribution in [-0.4, -0.2) is 30.2 Å². The van der Waals surface area contributed by atoms with Crippen molar-refractivity contribution in [2.24, 2.45) is 11.8 Å². The van der Waals surface area contributed by atoms with Crippen molar-refractivity contribution >= 4 is 47.0 Å². The van der Waals surface area contributed by atoms with Crippen molar-refractivity contribution in [3.8, 4) is 0 Å². The van der Waals surface area contributed by atoms with E-state index in [0.29, 0.717) is 21.6 Å². The highest BCUT2D eigenvalue weighted by Gasteiger charge is 2.50. The predicted octanol–water partition coefficient (Wildman–Crippen LogP) is 5.58. The number of halogens is 3. The van der Waals surface area contributed by atoms with Gasteiger partial charge in [0.05, 0.1) is 6.54 Å². The first-order chi connectivity index (χ1) is 13.5. The number of carbonyl (C=O) groups excluding carboxylic acids is 2. The molecule has 0 aromatic heterocycles. The molecule has 2 aliphatic rings. The maximum atomic E-state index is 12.8. The van der Waals surface area contributed by atoms with Gasteiger partial charge >= 0.3 is 0 Å². The van der Waals surface area contributed by atoms with Crippen LogP contribution in [0.2, 0.25) is 15.1 Å². The van der Waals surface area contributed by atoms with E-state index in [1.807, 2.05) is 36.4 Å². The number of likely N-dealkylation sites (tertiary alicyclic amines) is 1. The van der Waals surface area contributed by atoms with Gasteiger partial charge in [-0.25, -0.2) is 0 Å². The summed E-state index contributed by atoms with van der Waals surface area (Å²) < 4.78 is 0. The van der Waals surface area contributed by atoms with Crippen LogP contribution in [0.3, 0.4) is 0 Å². The molecule has 0 spiro atoms. The minimum atomic E-state index is -0.0528. The number of hydrogen-bond acceptors (Lipinski definition) is 2. The highest BCUT2D eigenvalue weighted by molar-refractivity contribution is 6.35. The molecule has 2 aromatic rings. The monoisotopic (exact) mass is 435 g/mol. The Labute approximate surface area is 179 Å². The highest BCUT2D eigenvalue weighted by Crippen LogP contribution is 2.53. The number of hydrogen-bond donors (Lipinski definition) is 0. The second-order valence-electron chi connectivity index (χ2n) is 7.61. The van der Waals surface area contributed by atoms with Crippen molar-refractivity contribution in [1.82, 2.24) is 4.90 Å². The van der Waals surface area contributed by atoms with Gasteiger partial charge in [0.2, 0.25) is 5.91 Å². The van der Waals surface area contributed by atoms with Gasteiger partial charge in [-0.1, -0.05) is 53.0 Å². The third-order valence-corrected chi connectivity index (χ3v) is 6.99. The molecular weight excluding hydrogens is 417 g/mol. The Kier molecular flexibility index (Phi) is 5.69. The standard InChI is InChI=1S/C22H20Cl3NO2/c23-14-3-1-13(2-4-14)21-17(16-6-5-15(24)11-20(16)25)7-8-18-19(21)12-26(9-10-27)22(18)28/h1-6,10-11,17-19,21H,7-9,12H2/t17-,18+,19+,21-/m0/s1. The van der Waals surface area contributed by atoms with E-state index in [4.69, 9.17) is 34.8 Å². The van der Waals surface area contributed by atoms with Crippen molar-refractivity contribution in [1.29, 1.82) is 0 Å². The molecule has 1 aliphatic heterocycles. The minimum absolute atomic E-state index is 0.0528. The van der Waals surface area contributed by atoms with Crippen LogP contribution in [0.15, 0.2) is 42.5 Å². The zero-order valence-corrected chi connectivity index (χ0v) is 17.4. The van der Waals surface area contributed by atoms with Crippen molar-refractivity contribution in [2.75, 3.05) is 13.1 Å². The van der Waals surface area contributed by atoms with Crippen molar-refractivity contribution < 1.29 is 9.59 Å². The van der Waals surface area contributed by atoms with Crippen LogP contribution in [0.1, 0.15) is 35.8 Å². The molecule has 2 fully saturated rings. The van der Waals surface area contributed by atoms with Gasteiger partial charge < -0.3 is 9.69 Å². The summed E-state index contributed by atoms with van der Waals surface area (Å²) in [7, 11) is 0. The first kappa shape index (κ1) is 19.8. The normalized spacial score (nSPS) is 27.0. The number of amides is 1. The molecule has 28 heavy (non-hydrogen) atoms. The third kappa shape index (κ3) is 3.56. The van der Waals surface area contributed by atoms with Gasteiger partial charge in [-0.2, -0.15) is 0 Å². The topological polar surface area (TPSA) is 37.4 Å². The molecule has 1 saturated heterocycles. The Balaban J connectivity index is 1.77. The van der Waals surface area contributed by atoms with Gasteiger partial charge in [0, 0.05) is 27.5 Å². The molecular formula is C22H20Cl3NO2. The Morgan fingerprint density at radius 3 is 2.32 bits per heavy atom. The lowest BCUT2D eigenvalue weighted by molar-refractivity contribution is -0.133. The molecule has 1 saturated carbocycles. The van der Waals surface area contributed by atoms with E-state index in [-0.39, 0.29) is 36.1 Å². The highest BCUT2D eigenvalue weighted by atomic mass is 35.5. The van der Waals surface area contributed by atoms with E-state index in [1.165, 1.54) is 0 Å². The number of aldehydes is 1. The number of nitrogens with zero attached hydrogens (tertiary/aromatic N) is 1. The van der Waals surface area contributed by atoms with E-state index >= 15 is 0 Å². The molecule has 4 rings (SSSR count). The smallest absolute Gasteiger partial charge is 0.226 e. The van der Waals surface area contributed by atoms with Crippen LogP contribution < -0.4 is 0 Å². The van der Waals surface area contributed by atoms with Gasteiger partial charge in [-0.3, -0.25) is 4.79 Å². The quantitative estimate of drug-likeness (QED) is 0.587. The number of fused-ring (bicyclic) bond motifs is 1. The third-order valence-electron chi connectivity index (χ3n) is 6.17. The second kappa shape index (κ2) is 8.06. The Bertz CT molecular complexity index is 899. The van der Waals surface area contributed by atoms with Gasteiger partial charge in [-0.15, -0.1) is 0 Å². The molecule has 1 heterocycles. The Morgan fingerprint density at radius 2 is 1.64 bits per heavy atom. The van der Waals surface area contributed by atoms with Gasteiger partial charge in [0.25, 0.3) is 0 Å². The maximum Gasteiger partial charge on any atom is 0.226 e. The fourth-order valence-electron chi connectivity index (χ4n) is 5.00. The average Bonchev–Trinajstić information content (AvgIpc) is 2.98. The SMILES string of the molecule is O=CCN1C[C@H]2[C@@H](c3ccc(Cl)cc3)[C@H](c3ccc(Cl)cc3Cl)CC[C@H]2C1=O. The summed E-state index contributed by atoms with van der Waals surface area (Å²) in [5.74, 6) is 0.477. The molecule has 4 atom stereocenters. The number of benzene rings is 2. The fourth-order valence-corrected chi connectivity index (χ4v) is 5.67. The maximum absolute atomic E-state index is 12.8. The Hall–Kier alpha value is -1.55. The van der Waals surface area contributed by atoms with Crippen molar-refractivity contribution in [2.45, 2.75) is 24.7 Å². The lowest BCUT2D eigenvalue weighted by atomic mass is 9.63. The zero-order chi connectivity index (χ0) is 19.8. The first-order valence-electron chi connectivity index (χ1n) is 9.42. The molecule has 0 unspecified atom stereocenters. The van der Waals surface area contributed by atoms with Crippen LogP contribution in [0, 0.1) is 11.8 Å². The average molecular weight is 437 g/mol. The van der Waals surface area contributed by atoms with Crippen LogP contribution in [0.25, 0.3) is 0 Å². The minimum Gasteiger partial charge on any atom is -0.335 e. The van der Waals surface area contributed by atoms with Gasteiger partial charge in [0.1, 0.15) is 6.29 Å². The van der Waals surface area contributed by atoms with Crippen LogP contribution in [-0.2, 0) is 9.59 Å². The first-order valence-corrected chi connectivity index (χ1v) is 10.6. The van der Waals surface area contributed by atoms with E-state index in [0.717, 1.165) is 30.3 Å². The molecule has 1 amide bonds. The number of rotatable bonds is 4. The fraction of sp³-hybridized carbons (Fsp3) is 0.364. The molecule has 146 valence electrons. The summed E-state index contributed by atoms with van der Waals surface area (Å²) in [6, 6.07) is 13.5. The zero-order valence-electron chi connectivity index (χ0n) is 15.2. The van der Waals surface area contributed by atoms with Crippen LogP contribution >= 0.6 is 34.8 Å². The molecule has 0 N–H and O–H groups in total. The van der Waals surface area contributed by atoms with E-state index in [1.54, 1.807) is 11.0 Å². The molecule has 2 aromatic carbocycles. The van der Waals surface area contributed by atoms with Crippen LogP contribution in [0.4, 0.5) is 0 Å². The van der Waals surface area contributed by atoms with Gasteiger partial charge in [0.15, 0.2) is 0 Å². The van der Waals surface area contributed by atoms with Crippen LogP contribution in [0.5, 0.6) is 0 Å². The summed E-state index contributed by atoms with van der Waals surface area (Å²) in [5.41, 5.74) is 2.21. The molecule has 0 radical (unpaired) electrons. The summed E-state index contributed by atoms with van der Waals surface area (Å²) in [5, 5.41) is 1.95. The summed E-state index contributed by atoms with van der Waals surface area (Å²) in [6.07, 6.45) is 2.46. The lowest BCUT2D eigenvalue weighted by Gasteiger charge is -2.40. The largest absolute Gasteiger partial charge is 0.335 e. The molecule has 3 nitrogen and oxygen atoms in total. The number of carbonyl (C=O) groups is 2. The second-order valence-corrected chi connectivity index (χ2v) is 8.89. The summed E-state index contributed by atoms with van der Waals surface area (Å²) in [6.45, 7) is 0.753. The van der Waals surface area contributed by atoms with Crippen molar-refractivity contribution in [3.05, 3.63) is 68.7 Å².